The van der Waals surface area contributed by atoms with Gasteiger partial charge in [-0.1, -0.05) is 32.4 Å². The van der Waals surface area contributed by atoms with Gasteiger partial charge in [0.1, 0.15) is 40.1 Å². The molecule has 0 saturated heterocycles. The van der Waals surface area contributed by atoms with Crippen LogP contribution < -0.4 is 0 Å². The van der Waals surface area contributed by atoms with Gasteiger partial charge < -0.3 is 19.3 Å². The molecule has 0 aliphatic heterocycles. The maximum Gasteiger partial charge on any atom is 0.341 e. The molecule has 0 spiro atoms. The molecule has 16 heteroatoms. The number of carbonyl (C=O) groups is 12. The van der Waals surface area contributed by atoms with Crippen molar-refractivity contribution in [2.75, 3.05) is 0 Å². The lowest BCUT2D eigenvalue weighted by atomic mass is 9.21. The third kappa shape index (κ3) is 6.90. The average Bonchev–Trinajstić information content (AvgIpc) is 3.40. The molecule has 67 heavy (non-hydrogen) atoms. The highest BCUT2D eigenvalue weighted by Gasteiger charge is 2.94. The lowest BCUT2D eigenvalue weighted by Crippen LogP contribution is -2.90. The van der Waals surface area contributed by atoms with Gasteiger partial charge in [0.15, 0.2) is 22.6 Å². The molecule has 4 rings (SSSR count). The van der Waals surface area contributed by atoms with E-state index in [0.717, 1.165) is 74.8 Å². The molecule has 0 aromatic carbocycles. The summed E-state index contributed by atoms with van der Waals surface area (Å²) in [4.78, 5) is 173. The van der Waals surface area contributed by atoms with E-state index >= 15 is 28.8 Å². The van der Waals surface area contributed by atoms with Gasteiger partial charge in [-0.15, -0.1) is 0 Å². The molecule has 0 amide bonds. The van der Waals surface area contributed by atoms with E-state index in [-0.39, 0.29) is 43.3 Å². The predicted octanol–water partition coefficient (Wildman–Crippen LogP) is 5.63. The zero-order valence-corrected chi connectivity index (χ0v) is 41.9. The Morgan fingerprint density at radius 2 is 1.13 bits per heavy atom. The first-order valence-corrected chi connectivity index (χ1v) is 22.8. The summed E-state index contributed by atoms with van der Waals surface area (Å²) in [5.74, 6) is -16.9. The Morgan fingerprint density at radius 1 is 0.627 bits per heavy atom. The SMILES string of the molecule is CC(=O)C[C@@]1(C(C)=O)[C@H]2CC[C@@]3(C)[C@H]([C@H](O)C[C@@H]4/C(=C(/CCC=C(C)C)C(=O)OC(C)=O)[C@](OC(C)=O)(C(C)=O)C[C@@]43C)[C@@]2(C)C(C(C)=O)(C(C)=O)C(C(C)=O)(C(C)=O)[C@]1(OC(C)=O)C(C)=O. The Hall–Kier alpha value is -5.12. The molecule has 4 fully saturated rings. The zero-order valence-electron chi connectivity index (χ0n) is 41.9. The van der Waals surface area contributed by atoms with Gasteiger partial charge >= 0.3 is 23.9 Å². The number of rotatable bonds is 15. The van der Waals surface area contributed by atoms with E-state index in [9.17, 15) is 33.9 Å². The maximum atomic E-state index is 15.4. The van der Waals surface area contributed by atoms with Crippen molar-refractivity contribution in [3.63, 3.8) is 0 Å². The van der Waals surface area contributed by atoms with Crippen LogP contribution in [0, 0.1) is 50.2 Å². The van der Waals surface area contributed by atoms with Gasteiger partial charge in [-0.05, 0) is 141 Å². The van der Waals surface area contributed by atoms with Crippen LogP contribution in [0.5, 0.6) is 0 Å². The van der Waals surface area contributed by atoms with Gasteiger partial charge in [-0.3, -0.25) is 52.7 Å². The number of Topliss-reactive ketones (excluding diaryl/α,β-unsaturated/α-hetero) is 8. The number of ether oxygens (including phenoxy) is 3. The van der Waals surface area contributed by atoms with Crippen LogP contribution in [0.4, 0.5) is 0 Å². The van der Waals surface area contributed by atoms with Crippen LogP contribution in [0.15, 0.2) is 22.8 Å². The van der Waals surface area contributed by atoms with E-state index in [1.54, 1.807) is 13.8 Å². The largest absolute Gasteiger partial charge is 0.448 e. The lowest BCUT2D eigenvalue weighted by Gasteiger charge is -2.78. The molecule has 10 atom stereocenters. The van der Waals surface area contributed by atoms with Crippen LogP contribution >= 0.6 is 0 Å². The number of aliphatic hydroxyl groups excluding tert-OH is 1. The first-order chi connectivity index (χ1) is 30.6. The van der Waals surface area contributed by atoms with Crippen LogP contribution in [-0.2, 0) is 71.7 Å². The number of ketones is 8. The number of aliphatic hydroxyl groups is 1. The topological polar surface area (TPSA) is 253 Å². The van der Waals surface area contributed by atoms with Gasteiger partial charge in [-0.25, -0.2) is 4.79 Å². The normalized spacial score (nSPS) is 35.2. The van der Waals surface area contributed by atoms with Gasteiger partial charge in [0.05, 0.1) is 11.5 Å². The standard InChI is InChI=1S/C51H68O16/c1-25(2)18-17-19-37(43(64)65-34(11)60)41-38-22-39(63)42-44(14,45(38,15)24-48(41,28(5)54)66-35(12)61)21-20-40-46(42,16)49(29(6)55,30(7)56)50(31(8)57,32(9)58)51(33(10)59,67-36(13)62)47(40,27(4)53)23-26(3)52/h18,38-40,42,63H,17,19-24H2,1-16H3/b41-37+/t38-,39-,40+,42+,44+,45+,46+,47-,48-,51+/m1/s1. The van der Waals surface area contributed by atoms with Gasteiger partial charge in [0.25, 0.3) is 0 Å². The number of hydrogen-bond donors (Lipinski definition) is 1. The fraction of sp³-hybridized carbons (Fsp3) is 0.686. The van der Waals surface area contributed by atoms with Crippen molar-refractivity contribution < 1.29 is 76.9 Å². The maximum absolute atomic E-state index is 15.4. The van der Waals surface area contributed by atoms with Gasteiger partial charge in [0, 0.05) is 39.2 Å². The third-order valence-corrected chi connectivity index (χ3v) is 17.2. The number of fused-ring (bicyclic) bond motifs is 5. The second kappa shape index (κ2) is 17.8. The highest BCUT2D eigenvalue weighted by Crippen LogP contribution is 2.84. The first kappa shape index (κ1) is 54.5. The van der Waals surface area contributed by atoms with Crippen LogP contribution in [0.25, 0.3) is 0 Å². The van der Waals surface area contributed by atoms with Crippen LogP contribution in [0.3, 0.4) is 0 Å². The van der Waals surface area contributed by atoms with Crippen molar-refractivity contribution in [2.24, 2.45) is 50.2 Å². The Bertz CT molecular complexity index is 2320. The molecular weight excluding hydrogens is 869 g/mol. The monoisotopic (exact) mass is 936 g/mol. The van der Waals surface area contributed by atoms with Crippen LogP contribution in [0.2, 0.25) is 0 Å². The summed E-state index contributed by atoms with van der Waals surface area (Å²) in [7, 11) is 0. The van der Waals surface area contributed by atoms with Gasteiger partial charge in [0.2, 0.25) is 5.60 Å². The zero-order chi connectivity index (χ0) is 51.7. The molecular formula is C51H68O16. The number of hydrogen-bond acceptors (Lipinski definition) is 16. The average molecular weight is 937 g/mol. The lowest BCUT2D eigenvalue weighted by molar-refractivity contribution is -0.323. The smallest absolute Gasteiger partial charge is 0.341 e. The minimum Gasteiger partial charge on any atom is -0.448 e. The summed E-state index contributed by atoms with van der Waals surface area (Å²) >= 11 is 0. The van der Waals surface area contributed by atoms with E-state index in [4.69, 9.17) is 14.2 Å². The van der Waals surface area contributed by atoms with E-state index in [1.165, 1.54) is 13.8 Å². The van der Waals surface area contributed by atoms with Crippen molar-refractivity contribution in [3.8, 4) is 0 Å². The summed E-state index contributed by atoms with van der Waals surface area (Å²) < 4.78 is 17.4. The third-order valence-electron chi connectivity index (χ3n) is 17.2. The summed E-state index contributed by atoms with van der Waals surface area (Å²) in [6.45, 7) is 19.3. The minimum atomic E-state index is -3.35. The van der Waals surface area contributed by atoms with Crippen molar-refractivity contribution in [3.05, 3.63) is 22.8 Å². The van der Waals surface area contributed by atoms with E-state index in [0.29, 0.717) is 0 Å². The molecule has 4 aliphatic carbocycles. The fourth-order valence-corrected chi connectivity index (χ4v) is 15.8. The predicted molar refractivity (Wildman–Crippen MR) is 238 cm³/mol. The Kier molecular flexibility index (Phi) is 14.4. The second-order valence-corrected chi connectivity index (χ2v) is 20.8. The minimum absolute atomic E-state index is 0.00733. The number of allylic oxidation sites excluding steroid dienone is 2. The molecule has 4 saturated carbocycles. The van der Waals surface area contributed by atoms with E-state index in [1.807, 2.05) is 19.9 Å². The molecule has 0 radical (unpaired) electrons. The summed E-state index contributed by atoms with van der Waals surface area (Å²) in [5, 5.41) is 13.3. The van der Waals surface area contributed by atoms with Crippen molar-refractivity contribution in [2.45, 2.75) is 173 Å². The number of carbonyl (C=O) groups excluding carboxylic acids is 12. The van der Waals surface area contributed by atoms with Gasteiger partial charge in [-0.2, -0.15) is 0 Å². The summed E-state index contributed by atoms with van der Waals surface area (Å²) in [6, 6.07) is 0. The molecule has 0 heterocycles. The first-order valence-electron chi connectivity index (χ1n) is 22.8. The highest BCUT2D eigenvalue weighted by molar-refractivity contribution is 6.25. The fourth-order valence-electron chi connectivity index (χ4n) is 15.8. The molecule has 0 aromatic heterocycles. The summed E-state index contributed by atoms with van der Waals surface area (Å²) in [6.07, 6.45) is -1.87. The van der Waals surface area contributed by atoms with E-state index < -0.39 is 151 Å². The van der Waals surface area contributed by atoms with Crippen molar-refractivity contribution in [1.82, 2.24) is 0 Å². The van der Waals surface area contributed by atoms with Crippen molar-refractivity contribution in [1.29, 1.82) is 0 Å². The Morgan fingerprint density at radius 3 is 1.52 bits per heavy atom. The van der Waals surface area contributed by atoms with E-state index in [2.05, 4.69) is 0 Å². The molecule has 0 unspecified atom stereocenters. The second-order valence-electron chi connectivity index (χ2n) is 20.8. The summed E-state index contributed by atoms with van der Waals surface area (Å²) in [5.41, 5.74) is -19.1. The molecule has 1 N–H and O–H groups in total. The quantitative estimate of drug-likeness (QED) is 0.0687. The van der Waals surface area contributed by atoms with Crippen LogP contribution in [0.1, 0.15) is 156 Å². The highest BCUT2D eigenvalue weighted by atomic mass is 16.6. The molecule has 0 aromatic rings. The molecule has 0 bridgehead atoms. The number of esters is 4. The van der Waals surface area contributed by atoms with Crippen molar-refractivity contribution >= 4 is 70.1 Å². The Balaban J connectivity index is 2.43. The molecule has 4 aliphatic rings. The Labute approximate surface area is 392 Å². The molecule has 368 valence electrons. The van der Waals surface area contributed by atoms with Crippen LogP contribution in [-0.4, -0.2) is 92.6 Å². The molecule has 16 nitrogen and oxygen atoms in total.